The number of rotatable bonds is 4. The van der Waals surface area contributed by atoms with Gasteiger partial charge in [-0.3, -0.25) is 4.79 Å². The van der Waals surface area contributed by atoms with Crippen LogP contribution in [-0.2, 0) is 0 Å². The van der Waals surface area contributed by atoms with Crippen molar-refractivity contribution in [2.45, 2.75) is 0 Å². The smallest absolute Gasteiger partial charge is 0.254 e. The van der Waals surface area contributed by atoms with Crippen molar-refractivity contribution in [3.05, 3.63) is 84.6 Å². The molecule has 32 heavy (non-hydrogen) atoms. The minimum Gasteiger partial charge on any atom is -0.496 e. The summed E-state index contributed by atoms with van der Waals surface area (Å²) in [5, 5.41) is 0.864. The molecule has 3 heterocycles. The van der Waals surface area contributed by atoms with Crippen molar-refractivity contribution in [1.82, 2.24) is 14.9 Å². The fourth-order valence-corrected chi connectivity index (χ4v) is 4.20. The minimum absolute atomic E-state index is 0.0282. The first-order valence-electron chi connectivity index (χ1n) is 10.7. The van der Waals surface area contributed by atoms with Crippen LogP contribution in [0.25, 0.3) is 22.2 Å². The molecule has 0 radical (unpaired) electrons. The Kier molecular flexibility index (Phi) is 5.42. The Labute approximate surface area is 187 Å². The fraction of sp³-hybridized carbons (Fsp3) is 0.192. The maximum absolute atomic E-state index is 13.6. The lowest BCUT2D eigenvalue weighted by molar-refractivity contribution is 0.0748. The van der Waals surface area contributed by atoms with Gasteiger partial charge in [-0.05, 0) is 36.4 Å². The quantitative estimate of drug-likeness (QED) is 0.490. The van der Waals surface area contributed by atoms with Crippen LogP contribution in [0.4, 0.5) is 5.82 Å². The predicted octanol–water partition coefficient (Wildman–Crippen LogP) is 4.27. The molecule has 1 aliphatic rings. The van der Waals surface area contributed by atoms with Gasteiger partial charge in [0, 0.05) is 43.3 Å². The Morgan fingerprint density at radius 1 is 0.906 bits per heavy atom. The van der Waals surface area contributed by atoms with E-state index in [4.69, 9.17) is 9.72 Å². The molecular formula is C26H24N4O2. The molecule has 1 amide bonds. The van der Waals surface area contributed by atoms with Gasteiger partial charge in [-0.25, -0.2) is 9.97 Å². The van der Waals surface area contributed by atoms with E-state index >= 15 is 0 Å². The maximum atomic E-state index is 13.6. The molecule has 2 aromatic carbocycles. The van der Waals surface area contributed by atoms with Gasteiger partial charge in [0.15, 0.2) is 0 Å². The molecule has 6 heteroatoms. The second kappa shape index (κ2) is 8.67. The number of pyridine rings is 2. The van der Waals surface area contributed by atoms with Crippen LogP contribution in [0.2, 0.25) is 0 Å². The average Bonchev–Trinajstić information content (AvgIpc) is 2.88. The lowest BCUT2D eigenvalue weighted by atomic mass is 10.0. The number of carbonyl (C=O) groups excluding carboxylic acids is 1. The third-order valence-corrected chi connectivity index (χ3v) is 5.87. The molecule has 0 aliphatic carbocycles. The number of benzene rings is 2. The zero-order valence-corrected chi connectivity index (χ0v) is 17.9. The molecule has 0 spiro atoms. The van der Waals surface area contributed by atoms with Crippen LogP contribution in [0.5, 0.6) is 5.75 Å². The molecule has 0 saturated carbocycles. The zero-order chi connectivity index (χ0) is 21.9. The molecule has 2 aromatic heterocycles. The molecule has 1 aliphatic heterocycles. The third kappa shape index (κ3) is 3.75. The van der Waals surface area contributed by atoms with E-state index in [1.165, 1.54) is 0 Å². The van der Waals surface area contributed by atoms with Crippen LogP contribution in [0, 0.1) is 0 Å². The van der Waals surface area contributed by atoms with E-state index in [0.29, 0.717) is 18.7 Å². The SMILES string of the molecule is COc1ccccc1-c1cc(C(=O)N2CCN(c3ccccn3)CC2)c2ccccc2n1. The molecule has 0 unspecified atom stereocenters. The fourth-order valence-electron chi connectivity index (χ4n) is 4.20. The van der Waals surface area contributed by atoms with E-state index in [2.05, 4.69) is 9.88 Å². The number of hydrogen-bond acceptors (Lipinski definition) is 5. The summed E-state index contributed by atoms with van der Waals surface area (Å²) < 4.78 is 5.54. The van der Waals surface area contributed by atoms with Crippen LogP contribution in [-0.4, -0.2) is 54.1 Å². The Bertz CT molecular complexity index is 1250. The van der Waals surface area contributed by atoms with Crippen molar-refractivity contribution in [3.8, 4) is 17.0 Å². The number of amides is 1. The molecule has 1 saturated heterocycles. The van der Waals surface area contributed by atoms with Crippen molar-refractivity contribution in [2.75, 3.05) is 38.2 Å². The molecular weight excluding hydrogens is 400 g/mol. The number of nitrogens with zero attached hydrogens (tertiary/aromatic N) is 4. The minimum atomic E-state index is 0.0282. The van der Waals surface area contributed by atoms with Crippen molar-refractivity contribution >= 4 is 22.6 Å². The molecule has 160 valence electrons. The largest absolute Gasteiger partial charge is 0.496 e. The highest BCUT2D eigenvalue weighted by atomic mass is 16.5. The summed E-state index contributed by atoms with van der Waals surface area (Å²) in [5.41, 5.74) is 3.07. The van der Waals surface area contributed by atoms with E-state index in [0.717, 1.165) is 46.8 Å². The van der Waals surface area contributed by atoms with Crippen LogP contribution in [0.1, 0.15) is 10.4 Å². The molecule has 0 bridgehead atoms. The number of para-hydroxylation sites is 2. The number of piperazine rings is 1. The highest BCUT2D eigenvalue weighted by Crippen LogP contribution is 2.32. The van der Waals surface area contributed by atoms with Crippen molar-refractivity contribution in [2.24, 2.45) is 0 Å². The molecule has 4 aromatic rings. The Morgan fingerprint density at radius 3 is 2.44 bits per heavy atom. The van der Waals surface area contributed by atoms with Crippen molar-refractivity contribution in [1.29, 1.82) is 0 Å². The van der Waals surface area contributed by atoms with E-state index in [9.17, 15) is 4.79 Å². The van der Waals surface area contributed by atoms with Gasteiger partial charge in [-0.15, -0.1) is 0 Å². The molecule has 5 rings (SSSR count). The van der Waals surface area contributed by atoms with Gasteiger partial charge in [0.25, 0.3) is 5.91 Å². The topological polar surface area (TPSA) is 58.6 Å². The number of ether oxygens (including phenoxy) is 1. The highest BCUT2D eigenvalue weighted by Gasteiger charge is 2.25. The maximum Gasteiger partial charge on any atom is 0.254 e. The number of anilines is 1. The summed E-state index contributed by atoms with van der Waals surface area (Å²) in [6.07, 6.45) is 1.80. The van der Waals surface area contributed by atoms with E-state index < -0.39 is 0 Å². The zero-order valence-electron chi connectivity index (χ0n) is 17.9. The van der Waals surface area contributed by atoms with Gasteiger partial charge in [0.05, 0.1) is 23.9 Å². The summed E-state index contributed by atoms with van der Waals surface area (Å²) in [6, 6.07) is 23.4. The van der Waals surface area contributed by atoms with Crippen LogP contribution in [0.15, 0.2) is 79.0 Å². The first-order chi connectivity index (χ1) is 15.7. The first-order valence-corrected chi connectivity index (χ1v) is 10.7. The first kappa shape index (κ1) is 20.0. The number of methoxy groups -OCH3 is 1. The standard InChI is InChI=1S/C26H24N4O2/c1-32-24-11-5-3-9-20(24)23-18-21(19-8-2-4-10-22(19)28-23)26(31)30-16-14-29(15-17-30)25-12-6-7-13-27-25/h2-13,18H,14-17H2,1H3. The van der Waals surface area contributed by atoms with E-state index in [1.54, 1.807) is 13.3 Å². The van der Waals surface area contributed by atoms with E-state index in [1.807, 2.05) is 77.7 Å². The number of hydrogen-bond donors (Lipinski definition) is 0. The van der Waals surface area contributed by atoms with Gasteiger partial charge >= 0.3 is 0 Å². The third-order valence-electron chi connectivity index (χ3n) is 5.87. The number of aromatic nitrogens is 2. The van der Waals surface area contributed by atoms with Crippen molar-refractivity contribution < 1.29 is 9.53 Å². The second-order valence-corrected chi connectivity index (χ2v) is 7.74. The summed E-state index contributed by atoms with van der Waals surface area (Å²) in [6.45, 7) is 2.81. The molecule has 6 nitrogen and oxygen atoms in total. The summed E-state index contributed by atoms with van der Waals surface area (Å²) >= 11 is 0. The lowest BCUT2D eigenvalue weighted by Crippen LogP contribution is -2.49. The normalized spacial score (nSPS) is 13.9. The van der Waals surface area contributed by atoms with Gasteiger partial charge in [-0.1, -0.05) is 36.4 Å². The molecule has 0 N–H and O–H groups in total. The molecule has 0 atom stereocenters. The van der Waals surface area contributed by atoms with Crippen LogP contribution < -0.4 is 9.64 Å². The van der Waals surface area contributed by atoms with E-state index in [-0.39, 0.29) is 5.91 Å². The average molecular weight is 425 g/mol. The highest BCUT2D eigenvalue weighted by molar-refractivity contribution is 6.07. The van der Waals surface area contributed by atoms with Gasteiger partial charge < -0.3 is 14.5 Å². The monoisotopic (exact) mass is 424 g/mol. The van der Waals surface area contributed by atoms with Crippen LogP contribution >= 0.6 is 0 Å². The second-order valence-electron chi connectivity index (χ2n) is 7.74. The Hall–Kier alpha value is -3.93. The molecule has 1 fully saturated rings. The number of fused-ring (bicyclic) bond motifs is 1. The van der Waals surface area contributed by atoms with Gasteiger partial charge in [-0.2, -0.15) is 0 Å². The van der Waals surface area contributed by atoms with Crippen LogP contribution in [0.3, 0.4) is 0 Å². The predicted molar refractivity (Wildman–Crippen MR) is 126 cm³/mol. The summed E-state index contributed by atoms with van der Waals surface area (Å²) in [7, 11) is 1.65. The van der Waals surface area contributed by atoms with Gasteiger partial charge in [0.1, 0.15) is 11.6 Å². The Balaban J connectivity index is 1.48. The van der Waals surface area contributed by atoms with Crippen molar-refractivity contribution in [3.63, 3.8) is 0 Å². The van der Waals surface area contributed by atoms with Gasteiger partial charge in [0.2, 0.25) is 0 Å². The summed E-state index contributed by atoms with van der Waals surface area (Å²) in [4.78, 5) is 27.0. The lowest BCUT2D eigenvalue weighted by Gasteiger charge is -2.35. The number of carbonyl (C=O) groups is 1. The Morgan fingerprint density at radius 2 is 1.66 bits per heavy atom. The summed E-state index contributed by atoms with van der Waals surface area (Å²) in [5.74, 6) is 1.71.